The van der Waals surface area contributed by atoms with Crippen molar-refractivity contribution < 1.29 is 34.4 Å². The molecule has 0 radical (unpaired) electrons. The molecule has 0 atom stereocenters. The summed E-state index contributed by atoms with van der Waals surface area (Å²) in [5.41, 5.74) is 2.27. The van der Waals surface area contributed by atoms with Gasteiger partial charge in [0, 0.05) is 44.3 Å². The molecule has 33 heavy (non-hydrogen) atoms. The Morgan fingerprint density at radius 3 is 2.03 bits per heavy atom. The molecule has 1 saturated heterocycles. The molecule has 3 N–H and O–H groups in total. The highest BCUT2D eigenvalue weighted by Gasteiger charge is 2.17. The molecule has 1 aliphatic heterocycles. The topological polar surface area (TPSA) is 120 Å². The summed E-state index contributed by atoms with van der Waals surface area (Å²) in [4.78, 5) is 22.9. The minimum absolute atomic E-state index is 0.231. The summed E-state index contributed by atoms with van der Waals surface area (Å²) in [6.07, 6.45) is 0. The van der Waals surface area contributed by atoms with Crippen molar-refractivity contribution in [3.05, 3.63) is 58.6 Å². The number of aliphatic hydroxyl groups excluding tert-OH is 1. The number of hydrogen-bond donors (Lipinski definition) is 3. The lowest BCUT2D eigenvalue weighted by Crippen LogP contribution is -2.46. The zero-order valence-electron chi connectivity index (χ0n) is 18.4. The van der Waals surface area contributed by atoms with Crippen molar-refractivity contribution in [1.29, 1.82) is 0 Å². The van der Waals surface area contributed by atoms with E-state index in [-0.39, 0.29) is 6.61 Å². The van der Waals surface area contributed by atoms with Gasteiger partial charge in [0.15, 0.2) is 11.5 Å². The minimum Gasteiger partial charge on any atom is -0.493 e. The fraction of sp³-hybridized carbons (Fsp3) is 0.391. The molecule has 3 rings (SSSR count). The Hall–Kier alpha value is -2.85. The number of ether oxygens (including phenoxy) is 2. The lowest BCUT2D eigenvalue weighted by atomic mass is 10.1. The number of aliphatic carboxylic acids is 2. The standard InChI is InChI=1S/C21H27ClN2O3.C2H2O4/c1-26-21-14-18(15-24-10-8-23(9-11-24)12-13-25)4-7-20(21)27-16-17-2-5-19(22)6-3-17;3-1(4)2(5)6/h2-7,14,25H,8-13,15-16H2,1H3;(H,3,4)(H,5,6). The molecule has 0 bridgehead atoms. The normalized spacial score (nSPS) is 14.2. The first-order chi connectivity index (χ1) is 15.8. The van der Waals surface area contributed by atoms with E-state index in [4.69, 9.17) is 46.0 Å². The molecule has 1 aliphatic rings. The molecule has 0 unspecified atom stereocenters. The van der Waals surface area contributed by atoms with E-state index in [9.17, 15) is 0 Å². The van der Waals surface area contributed by atoms with Crippen LogP contribution < -0.4 is 9.47 Å². The average molecular weight is 481 g/mol. The number of nitrogens with zero attached hydrogens (tertiary/aromatic N) is 2. The van der Waals surface area contributed by atoms with Gasteiger partial charge in [-0.25, -0.2) is 9.59 Å². The van der Waals surface area contributed by atoms with Crippen LogP contribution in [0.4, 0.5) is 0 Å². The number of piperazine rings is 1. The highest BCUT2D eigenvalue weighted by molar-refractivity contribution is 6.30. The number of carboxylic acid groups (broad SMARTS) is 2. The van der Waals surface area contributed by atoms with Crippen LogP contribution in [-0.4, -0.2) is 83.5 Å². The number of carboxylic acids is 2. The van der Waals surface area contributed by atoms with Crippen molar-refractivity contribution in [2.45, 2.75) is 13.2 Å². The fourth-order valence-electron chi connectivity index (χ4n) is 3.24. The molecule has 1 heterocycles. The number of β-amino-alcohol motifs (C(OH)–C–C–N with tert-alkyl or cyclic N) is 1. The van der Waals surface area contributed by atoms with Crippen LogP contribution in [0.15, 0.2) is 42.5 Å². The second-order valence-electron chi connectivity index (χ2n) is 7.35. The highest BCUT2D eigenvalue weighted by atomic mass is 35.5. The van der Waals surface area contributed by atoms with Gasteiger partial charge in [0.2, 0.25) is 0 Å². The molecule has 180 valence electrons. The van der Waals surface area contributed by atoms with Gasteiger partial charge in [-0.3, -0.25) is 9.80 Å². The number of carbonyl (C=O) groups is 2. The van der Waals surface area contributed by atoms with Gasteiger partial charge >= 0.3 is 11.9 Å². The molecule has 0 aromatic heterocycles. The first-order valence-corrected chi connectivity index (χ1v) is 10.8. The Labute approximate surface area is 197 Å². The lowest BCUT2D eigenvalue weighted by Gasteiger charge is -2.34. The van der Waals surface area contributed by atoms with Crippen molar-refractivity contribution in [1.82, 2.24) is 9.80 Å². The monoisotopic (exact) mass is 480 g/mol. The molecule has 0 aliphatic carbocycles. The van der Waals surface area contributed by atoms with Crippen LogP contribution in [0.1, 0.15) is 11.1 Å². The molecule has 9 nitrogen and oxygen atoms in total. The van der Waals surface area contributed by atoms with Crippen molar-refractivity contribution in [2.24, 2.45) is 0 Å². The van der Waals surface area contributed by atoms with E-state index >= 15 is 0 Å². The summed E-state index contributed by atoms with van der Waals surface area (Å²) in [5.74, 6) is -2.16. The molecule has 0 amide bonds. The van der Waals surface area contributed by atoms with E-state index in [1.54, 1.807) is 7.11 Å². The average Bonchev–Trinajstić information content (AvgIpc) is 2.81. The minimum atomic E-state index is -1.82. The Kier molecular flexibility index (Phi) is 10.9. The number of methoxy groups -OCH3 is 1. The van der Waals surface area contributed by atoms with Gasteiger partial charge in [0.1, 0.15) is 6.61 Å². The molecular formula is C23H29ClN2O7. The van der Waals surface area contributed by atoms with Gasteiger partial charge in [-0.2, -0.15) is 0 Å². The fourth-order valence-corrected chi connectivity index (χ4v) is 3.37. The number of rotatable bonds is 8. The maximum absolute atomic E-state index is 9.10. The molecule has 1 fully saturated rings. The van der Waals surface area contributed by atoms with E-state index in [1.165, 1.54) is 5.56 Å². The number of halogens is 1. The third-order valence-corrected chi connectivity index (χ3v) is 5.26. The maximum atomic E-state index is 9.10. The van der Waals surface area contributed by atoms with Crippen LogP contribution >= 0.6 is 11.6 Å². The third kappa shape index (κ3) is 9.27. The van der Waals surface area contributed by atoms with Gasteiger partial charge < -0.3 is 24.8 Å². The molecule has 2 aromatic rings. The van der Waals surface area contributed by atoms with Crippen molar-refractivity contribution in [3.63, 3.8) is 0 Å². The SMILES string of the molecule is COc1cc(CN2CCN(CCO)CC2)ccc1OCc1ccc(Cl)cc1.O=C(O)C(=O)O. The van der Waals surface area contributed by atoms with Gasteiger partial charge in [-0.05, 0) is 35.4 Å². The van der Waals surface area contributed by atoms with E-state index in [0.717, 1.165) is 61.4 Å². The first-order valence-electron chi connectivity index (χ1n) is 10.4. The number of aliphatic hydroxyl groups is 1. The smallest absolute Gasteiger partial charge is 0.414 e. The summed E-state index contributed by atoms with van der Waals surface area (Å²) in [6, 6.07) is 13.8. The van der Waals surface area contributed by atoms with Crippen LogP contribution in [0.5, 0.6) is 11.5 Å². The number of benzene rings is 2. The summed E-state index contributed by atoms with van der Waals surface area (Å²) in [6.45, 7) is 6.38. The lowest BCUT2D eigenvalue weighted by molar-refractivity contribution is -0.159. The quantitative estimate of drug-likeness (QED) is 0.488. The second-order valence-corrected chi connectivity index (χ2v) is 7.79. The molecule has 10 heteroatoms. The molecule has 0 spiro atoms. The zero-order chi connectivity index (χ0) is 24.2. The van der Waals surface area contributed by atoms with Gasteiger partial charge in [0.05, 0.1) is 13.7 Å². The molecular weight excluding hydrogens is 452 g/mol. The summed E-state index contributed by atoms with van der Waals surface area (Å²) in [5, 5.41) is 24.5. The molecule has 0 saturated carbocycles. The van der Waals surface area contributed by atoms with E-state index in [0.29, 0.717) is 6.61 Å². The predicted octanol–water partition coefficient (Wildman–Crippen LogP) is 2.19. The summed E-state index contributed by atoms with van der Waals surface area (Å²) < 4.78 is 11.5. The van der Waals surface area contributed by atoms with E-state index in [1.807, 2.05) is 30.3 Å². The first kappa shape index (κ1) is 26.4. The van der Waals surface area contributed by atoms with Crippen LogP contribution in [0.2, 0.25) is 5.02 Å². The largest absolute Gasteiger partial charge is 0.493 e. The van der Waals surface area contributed by atoms with Crippen LogP contribution in [0.3, 0.4) is 0 Å². The zero-order valence-corrected chi connectivity index (χ0v) is 19.2. The predicted molar refractivity (Wildman–Crippen MR) is 123 cm³/mol. The Bertz CT molecular complexity index is 888. The second kappa shape index (κ2) is 13.6. The highest BCUT2D eigenvalue weighted by Crippen LogP contribution is 2.29. The summed E-state index contributed by atoms with van der Waals surface area (Å²) in [7, 11) is 1.67. The Morgan fingerprint density at radius 1 is 0.909 bits per heavy atom. The van der Waals surface area contributed by atoms with Crippen LogP contribution in [0, 0.1) is 0 Å². The van der Waals surface area contributed by atoms with E-state index < -0.39 is 11.9 Å². The van der Waals surface area contributed by atoms with E-state index in [2.05, 4.69) is 21.9 Å². The van der Waals surface area contributed by atoms with Gasteiger partial charge in [0.25, 0.3) is 0 Å². The van der Waals surface area contributed by atoms with Crippen LogP contribution in [-0.2, 0) is 22.7 Å². The Balaban J connectivity index is 0.000000569. The number of hydrogen-bond acceptors (Lipinski definition) is 7. The van der Waals surface area contributed by atoms with Gasteiger partial charge in [-0.1, -0.05) is 29.8 Å². The van der Waals surface area contributed by atoms with Crippen LogP contribution in [0.25, 0.3) is 0 Å². The van der Waals surface area contributed by atoms with Crippen molar-refractivity contribution >= 4 is 23.5 Å². The summed E-state index contributed by atoms with van der Waals surface area (Å²) >= 11 is 5.92. The van der Waals surface area contributed by atoms with Crippen molar-refractivity contribution in [2.75, 3.05) is 46.4 Å². The van der Waals surface area contributed by atoms with Crippen molar-refractivity contribution in [3.8, 4) is 11.5 Å². The third-order valence-electron chi connectivity index (χ3n) is 5.01. The Morgan fingerprint density at radius 2 is 1.48 bits per heavy atom. The maximum Gasteiger partial charge on any atom is 0.414 e. The van der Waals surface area contributed by atoms with Gasteiger partial charge in [-0.15, -0.1) is 0 Å². The molecule has 2 aromatic carbocycles.